The fraction of sp³-hybridized carbons (Fsp3) is 0. The molecule has 0 aliphatic carbocycles. The van der Waals surface area contributed by atoms with E-state index in [1.807, 2.05) is 0 Å². The molecule has 5 heavy (non-hydrogen) atoms. The van der Waals surface area contributed by atoms with E-state index in [-0.39, 0.29) is 0 Å². The first kappa shape index (κ1) is 5.83. The summed E-state index contributed by atoms with van der Waals surface area (Å²) in [6.45, 7) is -1.19. The van der Waals surface area contributed by atoms with Crippen LogP contribution in [0.2, 0.25) is 0 Å². The van der Waals surface area contributed by atoms with Gasteiger partial charge in [0.1, 0.15) is 6.87 Å². The molecule has 0 aromatic heterocycles. The van der Waals surface area contributed by atoms with Gasteiger partial charge < -0.3 is 4.80 Å². The third kappa shape index (κ3) is 56.4. The average molecular weight is 138 g/mol. The van der Waals surface area contributed by atoms with E-state index in [9.17, 15) is 0 Å². The Hall–Kier alpha value is 0.828. The molecule has 5 heteroatoms. The van der Waals surface area contributed by atoms with Gasteiger partial charge in [0.2, 0.25) is 0 Å². The van der Waals surface area contributed by atoms with Gasteiger partial charge in [-0.3, -0.25) is 0 Å². The summed E-state index contributed by atoms with van der Waals surface area (Å²) in [6, 6.07) is 0. The summed E-state index contributed by atoms with van der Waals surface area (Å²) in [5.74, 6) is 0. The van der Waals surface area contributed by atoms with Crippen molar-refractivity contribution in [1.29, 1.82) is 0 Å². The third-order valence-corrected chi connectivity index (χ3v) is 0. The van der Waals surface area contributed by atoms with Gasteiger partial charge in [0.25, 0.3) is 0 Å². The second-order valence-corrected chi connectivity index (χ2v) is 46.5. The highest BCUT2D eigenvalue weighted by molar-refractivity contribution is 7.56. The van der Waals surface area contributed by atoms with E-state index in [1.54, 1.807) is 0 Å². The molecule has 0 saturated carbocycles. The molecule has 32 valence electrons. The molecule has 0 fully saturated rings. The van der Waals surface area contributed by atoms with Crippen LogP contribution in [0.3, 0.4) is 0 Å². The summed E-state index contributed by atoms with van der Waals surface area (Å²) in [5.41, 5.74) is 0. The fourth-order valence-corrected chi connectivity index (χ4v) is 0. The highest BCUT2D eigenvalue weighted by atomic mass is 29.9. The molecule has 0 bridgehead atoms. The van der Waals surface area contributed by atoms with Gasteiger partial charge in [-0.05, 0) is 0 Å². The quantitative estimate of drug-likeness (QED) is 0.335. The predicted octanol–water partition coefficient (Wildman–Crippen LogP) is -4.49. The van der Waals surface area contributed by atoms with E-state index in [0.29, 0.717) is 0 Å². The third-order valence-electron chi connectivity index (χ3n) is 0. The largest absolute Gasteiger partial charge is 0.443 e. The number of hydrogen-bond acceptors (Lipinski definition) is 1. The zero-order chi connectivity index (χ0) is 4.50. The first-order valence-electron chi connectivity index (χ1n) is 1.72. The second kappa shape index (κ2) is 1.52. The SMILES string of the molecule is O[Si]([SiH3])([SiH3])[SiH3]. The van der Waals surface area contributed by atoms with Crippen molar-refractivity contribution in [2.45, 2.75) is 0 Å². The van der Waals surface area contributed by atoms with Crippen LogP contribution in [0.5, 0.6) is 0 Å². The maximum absolute atomic E-state index is 8.84. The second-order valence-electron chi connectivity index (χ2n) is 2.17. The van der Waals surface area contributed by atoms with Crippen LogP contribution in [0.4, 0.5) is 0 Å². The van der Waals surface area contributed by atoms with Crippen molar-refractivity contribution in [3.8, 4) is 0 Å². The molecule has 0 atom stereocenters. The lowest BCUT2D eigenvalue weighted by molar-refractivity contribution is 0.605. The van der Waals surface area contributed by atoms with Crippen molar-refractivity contribution in [3.05, 3.63) is 0 Å². The van der Waals surface area contributed by atoms with Crippen molar-refractivity contribution < 1.29 is 4.80 Å². The number of hydrogen-bond donors (Lipinski definition) is 1. The van der Waals surface area contributed by atoms with E-state index >= 15 is 0 Å². The van der Waals surface area contributed by atoms with E-state index < -0.39 is 6.87 Å². The van der Waals surface area contributed by atoms with Gasteiger partial charge in [-0.15, -0.1) is 0 Å². The maximum atomic E-state index is 8.84. The lowest BCUT2D eigenvalue weighted by Crippen LogP contribution is -2.37. The molecule has 0 aromatic carbocycles. The first-order valence-corrected chi connectivity index (χ1v) is 14.2. The highest BCUT2D eigenvalue weighted by Gasteiger charge is 2.03. The molecule has 0 spiro atoms. The van der Waals surface area contributed by atoms with Crippen LogP contribution < -0.4 is 0 Å². The molecule has 0 rings (SSSR count). The molecular formula is H10OSi4. The fourth-order valence-electron chi connectivity index (χ4n) is 0. The van der Waals surface area contributed by atoms with Crippen LogP contribution in [0.15, 0.2) is 0 Å². The Morgan fingerprint density at radius 1 is 1.20 bits per heavy atom. The van der Waals surface area contributed by atoms with Crippen LogP contribution in [0, 0.1) is 0 Å². The Labute approximate surface area is 41.6 Å². The van der Waals surface area contributed by atoms with Gasteiger partial charge in [0, 0.05) is 29.3 Å². The van der Waals surface area contributed by atoms with Crippen molar-refractivity contribution >= 4 is 36.1 Å². The minimum Gasteiger partial charge on any atom is -0.443 e. The summed E-state index contributed by atoms with van der Waals surface area (Å²) < 4.78 is 0. The van der Waals surface area contributed by atoms with E-state index in [2.05, 4.69) is 0 Å². The molecule has 1 nitrogen and oxygen atoms in total. The molecule has 1 N–H and O–H groups in total. The lowest BCUT2D eigenvalue weighted by atomic mass is 15.9. The van der Waals surface area contributed by atoms with Crippen LogP contribution in [0.25, 0.3) is 0 Å². The molecular weight excluding hydrogens is 128 g/mol. The maximum Gasteiger partial charge on any atom is 0.123 e. The van der Waals surface area contributed by atoms with Gasteiger partial charge >= 0.3 is 0 Å². The molecule has 0 aliphatic rings. The normalized spacial score (nSPS) is 23.4. The number of rotatable bonds is 0. The van der Waals surface area contributed by atoms with Crippen molar-refractivity contribution in [3.63, 3.8) is 0 Å². The molecule has 0 amide bonds. The van der Waals surface area contributed by atoms with Crippen LogP contribution in [0.1, 0.15) is 0 Å². The van der Waals surface area contributed by atoms with Gasteiger partial charge in [-0.2, -0.15) is 0 Å². The Morgan fingerprint density at radius 3 is 1.20 bits per heavy atom. The summed E-state index contributed by atoms with van der Waals surface area (Å²) in [5, 5.41) is 0. The minimum atomic E-state index is -1.19. The topological polar surface area (TPSA) is 20.2 Å². The minimum absolute atomic E-state index is 1.13. The molecule has 0 aliphatic heterocycles. The van der Waals surface area contributed by atoms with Crippen molar-refractivity contribution in [2.75, 3.05) is 0 Å². The Morgan fingerprint density at radius 2 is 1.20 bits per heavy atom. The monoisotopic (exact) mass is 138 g/mol. The van der Waals surface area contributed by atoms with E-state index in [0.717, 1.165) is 29.3 Å². The van der Waals surface area contributed by atoms with Gasteiger partial charge in [0.05, 0.1) is 0 Å². The standard InChI is InChI=1S/H10OSi4/c1-5(2,3)4/h1H,2-4H3. The van der Waals surface area contributed by atoms with E-state index in [4.69, 9.17) is 4.80 Å². The summed E-state index contributed by atoms with van der Waals surface area (Å²) >= 11 is 0. The molecule has 0 aromatic rings. The Balaban J connectivity index is 3.02. The first-order chi connectivity index (χ1) is 2.00. The molecule has 0 unspecified atom stereocenters. The van der Waals surface area contributed by atoms with Crippen LogP contribution >= 0.6 is 0 Å². The highest BCUT2D eigenvalue weighted by Crippen LogP contribution is 1.63. The van der Waals surface area contributed by atoms with E-state index in [1.165, 1.54) is 0 Å². The van der Waals surface area contributed by atoms with Gasteiger partial charge in [0.15, 0.2) is 0 Å². The predicted molar refractivity (Wildman–Crippen MR) is 37.8 cm³/mol. The van der Waals surface area contributed by atoms with Crippen LogP contribution in [-0.2, 0) is 0 Å². The van der Waals surface area contributed by atoms with Crippen molar-refractivity contribution in [2.24, 2.45) is 0 Å². The molecule has 0 radical (unpaired) electrons. The average Bonchev–Trinajstić information content (AvgIpc) is 0.722. The molecule has 0 heterocycles. The van der Waals surface area contributed by atoms with Gasteiger partial charge in [-0.25, -0.2) is 0 Å². The zero-order valence-corrected chi connectivity index (χ0v) is 10.9. The summed E-state index contributed by atoms with van der Waals surface area (Å²) in [4.78, 5) is 8.84. The molecule has 0 saturated heterocycles. The Kier molecular flexibility index (Phi) is 1.77. The summed E-state index contributed by atoms with van der Waals surface area (Å²) in [7, 11) is 3.38. The smallest absolute Gasteiger partial charge is 0.123 e. The van der Waals surface area contributed by atoms with Gasteiger partial charge in [-0.1, -0.05) is 0 Å². The zero-order valence-electron chi connectivity index (χ0n) is 3.95. The Bertz CT molecular complexity index is 19.1. The lowest BCUT2D eigenvalue weighted by Gasteiger charge is -2.00. The van der Waals surface area contributed by atoms with Crippen molar-refractivity contribution in [1.82, 2.24) is 0 Å². The summed E-state index contributed by atoms with van der Waals surface area (Å²) in [6.07, 6.45) is 0. The van der Waals surface area contributed by atoms with Crippen LogP contribution in [-0.4, -0.2) is 40.9 Å².